The number of aromatic nitrogens is 2. The number of nitrogens with one attached hydrogen (secondary N) is 1. The third-order valence-electron chi connectivity index (χ3n) is 2.39. The van der Waals surface area contributed by atoms with Crippen LogP contribution >= 0.6 is 0 Å². The van der Waals surface area contributed by atoms with Gasteiger partial charge in [0.2, 0.25) is 5.91 Å². The summed E-state index contributed by atoms with van der Waals surface area (Å²) in [5, 5.41) is 11.5. The van der Waals surface area contributed by atoms with Crippen molar-refractivity contribution in [2.24, 2.45) is 0 Å². The molecule has 16 heavy (non-hydrogen) atoms. The highest BCUT2D eigenvalue weighted by molar-refractivity contribution is 5.84. The van der Waals surface area contributed by atoms with E-state index in [4.69, 9.17) is 5.11 Å². The predicted octanol–water partition coefficient (Wildman–Crippen LogP) is 0.250. The van der Waals surface area contributed by atoms with Gasteiger partial charge in [-0.2, -0.15) is 0 Å². The zero-order chi connectivity index (χ0) is 11.5. The van der Waals surface area contributed by atoms with Crippen LogP contribution in [0, 0.1) is 0 Å². The van der Waals surface area contributed by atoms with Crippen LogP contribution in [0.4, 0.5) is 0 Å². The standard InChI is InChI=1S/C10H13N3O3/c14-9(12-7-1-2-7)3-4-13-5-8(10(15)16)11-6-13/h5-7H,1-4H2,(H,12,14)(H,15,16). The first kappa shape index (κ1) is 10.7. The van der Waals surface area contributed by atoms with Gasteiger partial charge in [-0.3, -0.25) is 4.79 Å². The molecule has 0 radical (unpaired) electrons. The quantitative estimate of drug-likeness (QED) is 0.749. The summed E-state index contributed by atoms with van der Waals surface area (Å²) in [6, 6.07) is 0.366. The second kappa shape index (κ2) is 4.34. The number of rotatable bonds is 5. The van der Waals surface area contributed by atoms with E-state index in [0.717, 1.165) is 12.8 Å². The van der Waals surface area contributed by atoms with Crippen molar-refractivity contribution < 1.29 is 14.7 Å². The van der Waals surface area contributed by atoms with Crippen molar-refractivity contribution in [2.75, 3.05) is 0 Å². The molecule has 0 aliphatic heterocycles. The second-order valence-electron chi connectivity index (χ2n) is 3.89. The number of carboxylic acid groups (broad SMARTS) is 1. The number of nitrogens with zero attached hydrogens (tertiary/aromatic N) is 2. The lowest BCUT2D eigenvalue weighted by Gasteiger charge is -2.03. The monoisotopic (exact) mass is 223 g/mol. The third kappa shape index (κ3) is 2.82. The first-order valence-electron chi connectivity index (χ1n) is 5.19. The second-order valence-corrected chi connectivity index (χ2v) is 3.89. The Morgan fingerprint density at radius 3 is 2.88 bits per heavy atom. The number of carbonyl (C=O) groups is 2. The lowest BCUT2D eigenvalue weighted by Crippen LogP contribution is -2.26. The van der Waals surface area contributed by atoms with Crippen molar-refractivity contribution in [3.05, 3.63) is 18.2 Å². The Balaban J connectivity index is 1.79. The molecule has 2 rings (SSSR count). The van der Waals surface area contributed by atoms with E-state index < -0.39 is 5.97 Å². The van der Waals surface area contributed by atoms with Crippen molar-refractivity contribution in [3.8, 4) is 0 Å². The fourth-order valence-corrected chi connectivity index (χ4v) is 1.35. The zero-order valence-electron chi connectivity index (χ0n) is 8.72. The molecule has 0 atom stereocenters. The number of imidazole rings is 1. The minimum atomic E-state index is -1.05. The van der Waals surface area contributed by atoms with Crippen LogP contribution in [-0.2, 0) is 11.3 Å². The van der Waals surface area contributed by atoms with Gasteiger partial charge in [0, 0.05) is 25.2 Å². The molecule has 6 heteroatoms. The minimum Gasteiger partial charge on any atom is -0.476 e. The van der Waals surface area contributed by atoms with Gasteiger partial charge in [-0.1, -0.05) is 0 Å². The molecule has 1 amide bonds. The van der Waals surface area contributed by atoms with E-state index in [0.29, 0.717) is 19.0 Å². The average molecular weight is 223 g/mol. The summed E-state index contributed by atoms with van der Waals surface area (Å²) in [7, 11) is 0. The molecular formula is C10H13N3O3. The summed E-state index contributed by atoms with van der Waals surface area (Å²) >= 11 is 0. The fourth-order valence-electron chi connectivity index (χ4n) is 1.35. The van der Waals surface area contributed by atoms with Crippen LogP contribution in [-0.4, -0.2) is 32.6 Å². The maximum Gasteiger partial charge on any atom is 0.356 e. The molecule has 1 fully saturated rings. The van der Waals surface area contributed by atoms with Crippen LogP contribution in [0.2, 0.25) is 0 Å². The molecule has 1 heterocycles. The van der Waals surface area contributed by atoms with Crippen molar-refractivity contribution in [1.29, 1.82) is 0 Å². The van der Waals surface area contributed by atoms with Crippen molar-refractivity contribution >= 4 is 11.9 Å². The predicted molar refractivity (Wildman–Crippen MR) is 55.0 cm³/mol. The summed E-state index contributed by atoms with van der Waals surface area (Å²) in [4.78, 5) is 25.6. The molecule has 0 unspecified atom stereocenters. The Morgan fingerprint density at radius 1 is 1.56 bits per heavy atom. The third-order valence-corrected chi connectivity index (χ3v) is 2.39. The molecule has 0 saturated heterocycles. The summed E-state index contributed by atoms with van der Waals surface area (Å²) in [5.74, 6) is -1.05. The number of amides is 1. The fraction of sp³-hybridized carbons (Fsp3) is 0.500. The number of carbonyl (C=O) groups excluding carboxylic acids is 1. The first-order valence-corrected chi connectivity index (χ1v) is 5.19. The Kier molecular flexibility index (Phi) is 2.89. The summed E-state index contributed by atoms with van der Waals surface area (Å²) in [6.07, 6.45) is 5.34. The van der Waals surface area contributed by atoms with E-state index in [1.54, 1.807) is 4.57 Å². The highest BCUT2D eigenvalue weighted by atomic mass is 16.4. The maximum atomic E-state index is 11.3. The number of aromatic carboxylic acids is 1. The molecule has 1 aliphatic rings. The molecule has 1 aliphatic carbocycles. The van der Waals surface area contributed by atoms with E-state index in [-0.39, 0.29) is 11.6 Å². The Hall–Kier alpha value is -1.85. The van der Waals surface area contributed by atoms with Gasteiger partial charge in [-0.15, -0.1) is 0 Å². The van der Waals surface area contributed by atoms with Crippen LogP contribution < -0.4 is 5.32 Å². The molecule has 0 aromatic carbocycles. The molecule has 86 valence electrons. The molecule has 1 aromatic heterocycles. The highest BCUT2D eigenvalue weighted by Gasteiger charge is 2.22. The normalized spacial score (nSPS) is 14.8. The molecule has 0 spiro atoms. The summed E-state index contributed by atoms with van der Waals surface area (Å²) < 4.78 is 1.61. The van der Waals surface area contributed by atoms with Crippen LogP contribution in [0.1, 0.15) is 29.8 Å². The van der Waals surface area contributed by atoms with Crippen molar-refractivity contribution in [1.82, 2.24) is 14.9 Å². The average Bonchev–Trinajstić information content (AvgIpc) is 2.91. The van der Waals surface area contributed by atoms with Gasteiger partial charge in [0.15, 0.2) is 5.69 Å². The Morgan fingerprint density at radius 2 is 2.31 bits per heavy atom. The van der Waals surface area contributed by atoms with Gasteiger partial charge >= 0.3 is 5.97 Å². The lowest BCUT2D eigenvalue weighted by molar-refractivity contribution is -0.121. The van der Waals surface area contributed by atoms with Gasteiger partial charge in [-0.25, -0.2) is 9.78 Å². The number of carboxylic acids is 1. The van der Waals surface area contributed by atoms with Gasteiger partial charge < -0.3 is 15.0 Å². The first-order chi connectivity index (χ1) is 7.65. The molecule has 1 aromatic rings. The summed E-state index contributed by atoms with van der Waals surface area (Å²) in [6.45, 7) is 0.457. The van der Waals surface area contributed by atoms with Gasteiger partial charge in [-0.05, 0) is 12.8 Å². The Labute approximate surface area is 92.3 Å². The van der Waals surface area contributed by atoms with E-state index in [1.165, 1.54) is 12.5 Å². The number of aryl methyl sites for hydroxylation is 1. The van der Waals surface area contributed by atoms with Crippen molar-refractivity contribution in [2.45, 2.75) is 31.8 Å². The van der Waals surface area contributed by atoms with Gasteiger partial charge in [0.1, 0.15) is 0 Å². The molecule has 2 N–H and O–H groups in total. The van der Waals surface area contributed by atoms with E-state index in [1.807, 2.05) is 0 Å². The van der Waals surface area contributed by atoms with Crippen LogP contribution in [0.5, 0.6) is 0 Å². The maximum absolute atomic E-state index is 11.3. The molecule has 0 bridgehead atoms. The summed E-state index contributed by atoms with van der Waals surface area (Å²) in [5.41, 5.74) is 0.00241. The molecule has 6 nitrogen and oxygen atoms in total. The largest absolute Gasteiger partial charge is 0.476 e. The molecule has 1 saturated carbocycles. The number of hydrogen-bond donors (Lipinski definition) is 2. The van der Waals surface area contributed by atoms with Crippen LogP contribution in [0.15, 0.2) is 12.5 Å². The van der Waals surface area contributed by atoms with Crippen LogP contribution in [0.3, 0.4) is 0 Å². The Bertz CT molecular complexity index is 409. The number of hydrogen-bond acceptors (Lipinski definition) is 3. The minimum absolute atomic E-state index is 0.00241. The smallest absolute Gasteiger partial charge is 0.356 e. The van der Waals surface area contributed by atoms with E-state index in [9.17, 15) is 9.59 Å². The zero-order valence-corrected chi connectivity index (χ0v) is 8.72. The van der Waals surface area contributed by atoms with Crippen LogP contribution in [0.25, 0.3) is 0 Å². The van der Waals surface area contributed by atoms with Crippen molar-refractivity contribution in [3.63, 3.8) is 0 Å². The topological polar surface area (TPSA) is 84.2 Å². The highest BCUT2D eigenvalue weighted by Crippen LogP contribution is 2.18. The lowest BCUT2D eigenvalue weighted by atomic mass is 10.4. The van der Waals surface area contributed by atoms with Gasteiger partial charge in [0.05, 0.1) is 6.33 Å². The van der Waals surface area contributed by atoms with E-state index >= 15 is 0 Å². The molecular weight excluding hydrogens is 210 g/mol. The SMILES string of the molecule is O=C(CCn1cnc(C(=O)O)c1)NC1CC1. The van der Waals surface area contributed by atoms with Gasteiger partial charge in [0.25, 0.3) is 0 Å². The van der Waals surface area contributed by atoms with E-state index in [2.05, 4.69) is 10.3 Å².